The van der Waals surface area contributed by atoms with Crippen LogP contribution in [0.3, 0.4) is 0 Å². The number of nitrogen functional groups attached to an aromatic ring is 2. The summed E-state index contributed by atoms with van der Waals surface area (Å²) in [6, 6.07) is 9.84. The summed E-state index contributed by atoms with van der Waals surface area (Å²) in [6.45, 7) is 17.0. The Balaban J connectivity index is 0.533. The van der Waals surface area contributed by atoms with Crippen molar-refractivity contribution in [3.63, 3.8) is 0 Å². The number of hydrogen-bond donors (Lipinski definition) is 7. The number of aliphatic hydroxyl groups is 3. The number of rotatable bonds is 35. The number of aromatic nitrogens is 5. The van der Waals surface area contributed by atoms with Crippen molar-refractivity contribution in [1.29, 1.82) is 0 Å². The zero-order valence-electron chi connectivity index (χ0n) is 72.0. The second-order valence-corrected chi connectivity index (χ2v) is 32.9. The molecule has 11 atom stereocenters. The van der Waals surface area contributed by atoms with E-state index in [4.69, 9.17) is 95.8 Å². The van der Waals surface area contributed by atoms with Crippen LogP contribution >= 0.6 is 12.2 Å². The Morgan fingerprint density at radius 1 is 0.740 bits per heavy atom. The highest BCUT2D eigenvalue weighted by atomic mass is 32.1. The lowest BCUT2D eigenvalue weighted by molar-refractivity contribution is -0.245. The van der Waals surface area contributed by atoms with Crippen molar-refractivity contribution >= 4 is 86.5 Å². The number of piperidine rings is 1. The number of anilines is 2. The summed E-state index contributed by atoms with van der Waals surface area (Å²) in [4.78, 5) is 100. The van der Waals surface area contributed by atoms with Gasteiger partial charge in [0.25, 0.3) is 22.9 Å². The second kappa shape index (κ2) is 49.5. The molecule has 676 valence electrons. The molecule has 7 heterocycles. The molecule has 0 radical (unpaired) electrons. The van der Waals surface area contributed by atoms with Crippen LogP contribution in [0, 0.1) is 23.7 Å². The quantitative estimate of drug-likeness (QED) is 0.00678. The number of fused-ring (bicyclic) bond motifs is 6. The lowest BCUT2D eigenvalue weighted by Gasteiger charge is -2.40. The number of amides is 2. The molecule has 5 aliphatic rings. The number of carbonyl (C=O) groups excluding carboxylic acids is 6. The third kappa shape index (κ3) is 29.3. The van der Waals surface area contributed by atoms with Crippen LogP contribution in [0.2, 0.25) is 0 Å². The van der Waals surface area contributed by atoms with E-state index in [0.29, 0.717) is 230 Å². The van der Waals surface area contributed by atoms with Gasteiger partial charge in [0.15, 0.2) is 17.0 Å². The highest BCUT2D eigenvalue weighted by Crippen LogP contribution is 2.37. The van der Waals surface area contributed by atoms with E-state index in [2.05, 4.69) is 38.5 Å². The largest absolute Gasteiger partial charge is 0.468 e. The molecule has 3 fully saturated rings. The Morgan fingerprint density at radius 3 is 2.08 bits per heavy atom. The predicted molar refractivity (Wildman–Crippen MR) is 461 cm³/mol. The number of aliphatic hydroxyl groups excluding tert-OH is 2. The first-order valence-electron chi connectivity index (χ1n) is 43.3. The molecule has 33 nitrogen and oxygen atoms in total. The molecule has 1 aliphatic carbocycles. The molecule has 123 heavy (non-hydrogen) atoms. The van der Waals surface area contributed by atoms with Crippen molar-refractivity contribution in [3.05, 3.63) is 107 Å². The van der Waals surface area contributed by atoms with Crippen LogP contribution in [0.5, 0.6) is 0 Å². The number of benzene rings is 2. The molecule has 2 aromatic carbocycles. The van der Waals surface area contributed by atoms with E-state index in [1.54, 1.807) is 27.0 Å². The molecule has 0 spiro atoms. The smallest absolute Gasteiger partial charge is 0.329 e. The molecule has 3 unspecified atom stereocenters. The van der Waals surface area contributed by atoms with Crippen LogP contribution in [0.25, 0.3) is 33.4 Å². The van der Waals surface area contributed by atoms with Gasteiger partial charge in [-0.05, 0) is 161 Å². The molecule has 34 heteroatoms. The first-order valence-corrected chi connectivity index (χ1v) is 43.7. The minimum Gasteiger partial charge on any atom is -0.468 e. The van der Waals surface area contributed by atoms with E-state index >= 15 is 0 Å². The number of nitrogens with one attached hydrogen (secondary N) is 1. The van der Waals surface area contributed by atoms with Gasteiger partial charge in [-0.25, -0.2) is 19.4 Å². The summed E-state index contributed by atoms with van der Waals surface area (Å²) in [5, 5.41) is 43.2. The third-order valence-electron chi connectivity index (χ3n) is 23.2. The summed E-state index contributed by atoms with van der Waals surface area (Å²) >= 11 is 5.53. The Bertz CT molecular complexity index is 4400. The lowest BCUT2D eigenvalue weighted by Crippen LogP contribution is -2.58. The molecule has 2 saturated heterocycles. The minimum absolute atomic E-state index is 0.0334. The summed E-state index contributed by atoms with van der Waals surface area (Å²) in [5.74, 6) is -7.62. The molecule has 10 N–H and O–H groups in total. The zero-order chi connectivity index (χ0) is 87.8. The highest BCUT2D eigenvalue weighted by Gasteiger charge is 2.50. The maximum atomic E-state index is 14.5. The SMILES string of the molecule is CO[C@H]1CC2CCC[C@@](O)(O2)C(=O)C(=O)N2CCCC[C@H]2C(=O)OC([C@H](N)CC2CCC(OC(=S)NCCOCCOCCOCCOCCOCCOCCOCCOCCC(=O)N3CCc4cc(Cn5nc(-c6ccc7oc(N)nc7c6)c6c(N)ncnc65)ccc4C3)CC2)CC(=O)[C@H](C)/C=C(\C)C(O)[C@@H](O)C(=O)[C@H](C)C[C@H](C)/C=C/C=CC=C1C. The average Bonchev–Trinajstić information content (AvgIpc) is 1.69. The van der Waals surface area contributed by atoms with Crippen LogP contribution in [0.4, 0.5) is 11.8 Å². The number of allylic oxidation sites excluding steroid dienone is 6. The molecular weight excluding hydrogens is 1610 g/mol. The minimum atomic E-state index is -2.44. The van der Waals surface area contributed by atoms with Gasteiger partial charge in [-0.1, -0.05) is 75.4 Å². The van der Waals surface area contributed by atoms with Crippen molar-refractivity contribution in [3.8, 4) is 11.3 Å². The van der Waals surface area contributed by atoms with E-state index in [9.17, 15) is 44.1 Å². The fraction of sp³-hybridized carbons (Fsp3) is 0.629. The van der Waals surface area contributed by atoms with E-state index in [0.717, 1.165) is 33.6 Å². The first kappa shape index (κ1) is 96.8. The van der Waals surface area contributed by atoms with Crippen LogP contribution in [-0.4, -0.2) is 277 Å². The number of hydrogen-bond acceptors (Lipinski definition) is 30. The van der Waals surface area contributed by atoms with Gasteiger partial charge >= 0.3 is 5.97 Å². The summed E-state index contributed by atoms with van der Waals surface area (Å²) in [7, 11) is 1.56. The fourth-order valence-electron chi connectivity index (χ4n) is 16.2. The lowest BCUT2D eigenvalue weighted by atomic mass is 9.81. The number of methoxy groups -OCH3 is 1. The molecule has 4 aliphatic heterocycles. The standard InChI is InChI=1S/C89H127N11O22S/c1-57-13-8-7-9-14-58(2)74(110-6)52-68-15-12-27-89(109,122-68)82(106)85(107)99-29-11-10-16-71(99)86(108)120-75(53-72(101)59(3)48-61(5)80(104)81(105)79(103)60(4)47-57)69(90)50-62-18-22-67(23-19-62)119-88(123)93-28-32-112-34-36-114-38-40-116-42-44-118-46-45-117-43-41-115-39-37-113-35-33-111-31-26-76(102)98-30-25-64-49-63(17-20-66(64)55-98)54-100-84-77(83(91)94-56-95-84)78(97-100)65-21-24-73-70(51-65)96-87(92)121-73/h7-9,13-14,17,20-21,24,48-49,51,56-57,59-60,62,67-69,71,74-75,80-81,104-105,109H,10-12,15-16,18-19,22-23,25-47,50,52-55,90H2,1-6H3,(H2,92,96)(H,93,123)(H2,91,94,95)/b9-7?,13-8+,58-14?,61-48+/t57-,59-,60-,62?,67?,68?,69-,71+,74+,75?,80?,81+,89-/m1/s1. The Hall–Kier alpha value is -8.43. The Kier molecular flexibility index (Phi) is 38.9. The van der Waals surface area contributed by atoms with E-state index in [1.807, 2.05) is 65.9 Å². The first-order chi connectivity index (χ1) is 59.4. The monoisotopic (exact) mass is 1730 g/mol. The van der Waals surface area contributed by atoms with Crippen LogP contribution in [0.15, 0.2) is 94.7 Å². The number of Topliss-reactive ketones (excluding diaryl/α,β-unsaturated/α-hetero) is 3. The number of ketones is 3. The molecule has 2 bridgehead atoms. The number of nitrogens with two attached hydrogens (primary N) is 3. The van der Waals surface area contributed by atoms with Crippen LogP contribution in [-0.2, 0) is 105 Å². The number of nitrogens with zero attached hydrogens (tertiary/aromatic N) is 7. The van der Waals surface area contributed by atoms with Crippen LogP contribution < -0.4 is 22.5 Å². The van der Waals surface area contributed by atoms with E-state index in [1.165, 1.54) is 24.9 Å². The predicted octanol–water partition coefficient (Wildman–Crippen LogP) is 7.51. The third-order valence-corrected chi connectivity index (χ3v) is 23.4. The van der Waals surface area contributed by atoms with Crippen molar-refractivity contribution in [2.75, 3.05) is 144 Å². The molecule has 5 aromatic rings. The van der Waals surface area contributed by atoms with Gasteiger partial charge in [-0.15, -0.1) is 0 Å². The van der Waals surface area contributed by atoms with Crippen molar-refractivity contribution < 1.29 is 105 Å². The molecule has 2 amide bonds. The highest BCUT2D eigenvalue weighted by molar-refractivity contribution is 7.80. The summed E-state index contributed by atoms with van der Waals surface area (Å²) in [6.07, 6.45) is 12.8. The molecule has 3 aromatic heterocycles. The Morgan fingerprint density at radius 2 is 1.41 bits per heavy atom. The zero-order valence-corrected chi connectivity index (χ0v) is 72.8. The van der Waals surface area contributed by atoms with Gasteiger partial charge in [0, 0.05) is 76.0 Å². The summed E-state index contributed by atoms with van der Waals surface area (Å²) < 4.78 is 76.7. The maximum Gasteiger partial charge on any atom is 0.329 e. The van der Waals surface area contributed by atoms with E-state index < -0.39 is 89.5 Å². The van der Waals surface area contributed by atoms with Gasteiger partial charge in [0.05, 0.1) is 136 Å². The van der Waals surface area contributed by atoms with Crippen LogP contribution in [0.1, 0.15) is 148 Å². The molecular formula is C89H127N11O22S. The summed E-state index contributed by atoms with van der Waals surface area (Å²) in [5.41, 5.74) is 26.7. The normalized spacial score (nSPS) is 25.6. The number of carbonyl (C=O) groups is 6. The fourth-order valence-corrected chi connectivity index (χ4v) is 16.4. The number of thiocarbonyl (C=S) groups is 1. The average molecular weight is 1740 g/mol. The van der Waals surface area contributed by atoms with Gasteiger partial charge in [-0.2, -0.15) is 10.1 Å². The maximum absolute atomic E-state index is 14.5. The molecule has 10 rings (SSSR count). The molecule has 1 saturated carbocycles. The topological polar surface area (TPSA) is 440 Å². The van der Waals surface area contributed by atoms with Gasteiger partial charge < -0.3 is 109 Å². The van der Waals surface area contributed by atoms with Gasteiger partial charge in [-0.3, -0.25) is 24.0 Å². The Labute approximate surface area is 724 Å². The van der Waals surface area contributed by atoms with Crippen molar-refractivity contribution in [2.45, 2.75) is 205 Å². The number of ether oxygens (including phenoxy) is 12. The number of esters is 1. The van der Waals surface area contributed by atoms with E-state index in [-0.39, 0.29) is 79.3 Å². The van der Waals surface area contributed by atoms with Gasteiger partial charge in [0.2, 0.25) is 11.7 Å². The van der Waals surface area contributed by atoms with Crippen molar-refractivity contribution in [2.24, 2.45) is 29.4 Å². The number of oxazole rings is 1. The number of cyclic esters (lactones) is 1. The van der Waals surface area contributed by atoms with Gasteiger partial charge in [0.1, 0.15) is 59.6 Å². The van der Waals surface area contributed by atoms with Crippen molar-refractivity contribution in [1.82, 2.24) is 39.8 Å². The second-order valence-electron chi connectivity index (χ2n) is 32.5.